The zero-order chi connectivity index (χ0) is 14.8. The van der Waals surface area contributed by atoms with E-state index in [9.17, 15) is 4.21 Å². The molecule has 2 nitrogen and oxygen atoms in total. The highest BCUT2D eigenvalue weighted by atomic mass is 35.5. The summed E-state index contributed by atoms with van der Waals surface area (Å²) >= 11 is 6.24. The third-order valence-electron chi connectivity index (χ3n) is 3.97. The number of aryl methyl sites for hydroxylation is 2. The van der Waals surface area contributed by atoms with E-state index < -0.39 is 10.8 Å². The molecular formula is C17H18ClNOS. The van der Waals surface area contributed by atoms with Crippen LogP contribution in [-0.4, -0.2) is 4.21 Å². The molecule has 4 heteroatoms. The minimum atomic E-state index is -1.06. The summed E-state index contributed by atoms with van der Waals surface area (Å²) in [5.74, 6) is 0.447. The number of nitrogens with two attached hydrogens (primary N) is 1. The van der Waals surface area contributed by atoms with Crippen molar-refractivity contribution in [2.75, 3.05) is 0 Å². The highest BCUT2D eigenvalue weighted by Gasteiger charge is 2.14. The molecule has 0 radical (unpaired) electrons. The quantitative estimate of drug-likeness (QED) is 0.935. The number of fused-ring (bicyclic) bond motifs is 1. The monoisotopic (exact) mass is 319 g/mol. The number of hydrogen-bond acceptors (Lipinski definition) is 2. The van der Waals surface area contributed by atoms with E-state index in [-0.39, 0.29) is 0 Å². The predicted molar refractivity (Wildman–Crippen MR) is 87.9 cm³/mol. The summed E-state index contributed by atoms with van der Waals surface area (Å²) in [6.07, 6.45) is 3.46. The lowest BCUT2D eigenvalue weighted by molar-refractivity contribution is 0.682. The summed E-state index contributed by atoms with van der Waals surface area (Å²) in [5, 5.41) is 0.646. The van der Waals surface area contributed by atoms with Crippen molar-refractivity contribution in [1.29, 1.82) is 0 Å². The van der Waals surface area contributed by atoms with Crippen LogP contribution in [0.4, 0.5) is 0 Å². The van der Waals surface area contributed by atoms with Crippen molar-refractivity contribution in [3.8, 4) is 0 Å². The molecule has 0 heterocycles. The van der Waals surface area contributed by atoms with Gasteiger partial charge < -0.3 is 5.73 Å². The van der Waals surface area contributed by atoms with Gasteiger partial charge in [-0.15, -0.1) is 0 Å². The van der Waals surface area contributed by atoms with Gasteiger partial charge in [0.15, 0.2) is 0 Å². The van der Waals surface area contributed by atoms with E-state index in [1.165, 1.54) is 17.5 Å². The molecule has 1 atom stereocenters. The average Bonchev–Trinajstić information content (AvgIpc) is 2.96. The fourth-order valence-electron chi connectivity index (χ4n) is 2.75. The molecule has 0 saturated heterocycles. The Hall–Kier alpha value is -1.16. The van der Waals surface area contributed by atoms with Crippen molar-refractivity contribution in [2.24, 2.45) is 5.73 Å². The molecule has 0 fully saturated rings. The first kappa shape index (κ1) is 14.8. The molecule has 2 aromatic rings. The van der Waals surface area contributed by atoms with Gasteiger partial charge in [0.1, 0.15) is 0 Å². The van der Waals surface area contributed by atoms with Crippen molar-refractivity contribution in [3.63, 3.8) is 0 Å². The molecule has 2 aromatic carbocycles. The summed E-state index contributed by atoms with van der Waals surface area (Å²) in [5.41, 5.74) is 10.3. The molecule has 2 N–H and O–H groups in total. The van der Waals surface area contributed by atoms with E-state index in [2.05, 4.69) is 12.1 Å². The Morgan fingerprint density at radius 3 is 2.67 bits per heavy atom. The maximum Gasteiger partial charge on any atom is 0.0574 e. The van der Waals surface area contributed by atoms with Crippen LogP contribution < -0.4 is 5.73 Å². The minimum absolute atomic E-state index is 0.447. The van der Waals surface area contributed by atoms with Crippen LogP contribution in [0.5, 0.6) is 0 Å². The third-order valence-corrected chi connectivity index (χ3v) is 5.68. The largest absolute Gasteiger partial charge is 0.326 e. The van der Waals surface area contributed by atoms with E-state index in [1.807, 2.05) is 24.3 Å². The Kier molecular flexibility index (Phi) is 4.43. The molecular weight excluding hydrogens is 302 g/mol. The first-order valence-electron chi connectivity index (χ1n) is 7.15. The Balaban J connectivity index is 1.80. The van der Waals surface area contributed by atoms with Gasteiger partial charge in [0.25, 0.3) is 0 Å². The topological polar surface area (TPSA) is 43.1 Å². The van der Waals surface area contributed by atoms with Crippen LogP contribution in [-0.2, 0) is 35.9 Å². The van der Waals surface area contributed by atoms with Gasteiger partial charge >= 0.3 is 0 Å². The molecule has 0 aliphatic heterocycles. The van der Waals surface area contributed by atoms with E-state index in [0.717, 1.165) is 28.9 Å². The Morgan fingerprint density at radius 1 is 1.10 bits per heavy atom. The Morgan fingerprint density at radius 2 is 1.90 bits per heavy atom. The number of halogens is 1. The Labute approximate surface area is 132 Å². The minimum Gasteiger partial charge on any atom is -0.326 e. The highest BCUT2D eigenvalue weighted by Crippen LogP contribution is 2.26. The van der Waals surface area contributed by atoms with Gasteiger partial charge in [0, 0.05) is 16.5 Å². The summed E-state index contributed by atoms with van der Waals surface area (Å²) in [6, 6.07) is 11.9. The summed E-state index contributed by atoms with van der Waals surface area (Å²) < 4.78 is 12.5. The van der Waals surface area contributed by atoms with Gasteiger partial charge in [0.05, 0.1) is 16.6 Å². The fourth-order valence-corrected chi connectivity index (χ4v) is 4.29. The first-order chi connectivity index (χ1) is 10.2. The maximum atomic E-state index is 12.5. The molecule has 1 aliphatic rings. The summed E-state index contributed by atoms with van der Waals surface area (Å²) in [6.45, 7) is 0.466. The summed E-state index contributed by atoms with van der Waals surface area (Å²) in [4.78, 5) is 0.898. The first-order valence-corrected chi connectivity index (χ1v) is 8.84. The second kappa shape index (κ2) is 6.30. The lowest BCUT2D eigenvalue weighted by Gasteiger charge is -2.08. The van der Waals surface area contributed by atoms with Gasteiger partial charge in [-0.3, -0.25) is 4.21 Å². The number of benzene rings is 2. The highest BCUT2D eigenvalue weighted by molar-refractivity contribution is 7.84. The smallest absolute Gasteiger partial charge is 0.0574 e. The van der Waals surface area contributed by atoms with Crippen LogP contribution in [0, 0.1) is 0 Å². The fraction of sp³-hybridized carbons (Fsp3) is 0.294. The second-order valence-corrected chi connectivity index (χ2v) is 7.26. The van der Waals surface area contributed by atoms with E-state index in [0.29, 0.717) is 17.3 Å². The molecule has 0 amide bonds. The molecule has 0 bridgehead atoms. The van der Waals surface area contributed by atoms with Crippen molar-refractivity contribution in [3.05, 3.63) is 63.7 Å². The molecule has 0 spiro atoms. The van der Waals surface area contributed by atoms with Gasteiger partial charge in [-0.25, -0.2) is 0 Å². The van der Waals surface area contributed by atoms with Gasteiger partial charge in [-0.05, 0) is 59.7 Å². The van der Waals surface area contributed by atoms with Crippen LogP contribution >= 0.6 is 11.6 Å². The molecule has 21 heavy (non-hydrogen) atoms. The molecule has 110 valence electrons. The molecule has 0 aromatic heterocycles. The molecule has 1 aliphatic carbocycles. The lowest BCUT2D eigenvalue weighted by Crippen LogP contribution is -2.01. The normalized spacial score (nSPS) is 15.0. The summed E-state index contributed by atoms with van der Waals surface area (Å²) in [7, 11) is -1.06. The maximum absolute atomic E-state index is 12.5. The van der Waals surface area contributed by atoms with Crippen LogP contribution in [0.2, 0.25) is 5.02 Å². The van der Waals surface area contributed by atoms with Crippen LogP contribution in [0.3, 0.4) is 0 Å². The van der Waals surface area contributed by atoms with Gasteiger partial charge in [-0.2, -0.15) is 0 Å². The second-order valence-electron chi connectivity index (χ2n) is 5.40. The SMILES string of the molecule is NCc1ccc(CS(=O)c2ccc3c(c2)CCC3)c(Cl)c1. The standard InChI is InChI=1S/C17H18ClNOS/c18-17-8-12(10-19)4-5-15(17)11-21(20)16-7-6-13-2-1-3-14(13)9-16/h4-9H,1-3,10-11,19H2. The number of hydrogen-bond donors (Lipinski definition) is 1. The van der Waals surface area contributed by atoms with Gasteiger partial charge in [0.2, 0.25) is 0 Å². The zero-order valence-electron chi connectivity index (χ0n) is 11.8. The predicted octanol–water partition coefficient (Wildman–Crippen LogP) is 3.60. The van der Waals surface area contributed by atoms with Crippen molar-refractivity contribution in [1.82, 2.24) is 0 Å². The number of rotatable bonds is 4. The molecule has 3 rings (SSSR count). The van der Waals surface area contributed by atoms with E-state index in [4.69, 9.17) is 17.3 Å². The van der Waals surface area contributed by atoms with Crippen molar-refractivity contribution >= 4 is 22.4 Å². The third kappa shape index (κ3) is 3.20. The zero-order valence-corrected chi connectivity index (χ0v) is 13.3. The lowest BCUT2D eigenvalue weighted by atomic mass is 10.1. The Bertz CT molecular complexity index is 699. The van der Waals surface area contributed by atoms with Crippen molar-refractivity contribution in [2.45, 2.75) is 36.5 Å². The van der Waals surface area contributed by atoms with Gasteiger partial charge in [-0.1, -0.05) is 29.8 Å². The van der Waals surface area contributed by atoms with E-state index in [1.54, 1.807) is 0 Å². The van der Waals surface area contributed by atoms with Crippen LogP contribution in [0.25, 0.3) is 0 Å². The molecule has 0 saturated carbocycles. The van der Waals surface area contributed by atoms with Crippen LogP contribution in [0.1, 0.15) is 28.7 Å². The molecule has 1 unspecified atom stereocenters. The average molecular weight is 320 g/mol. The van der Waals surface area contributed by atoms with Crippen LogP contribution in [0.15, 0.2) is 41.3 Å². The van der Waals surface area contributed by atoms with Crippen molar-refractivity contribution < 1.29 is 4.21 Å². The van der Waals surface area contributed by atoms with E-state index >= 15 is 0 Å².